The number of hydrogen-bond acceptors (Lipinski definition) is 0. The van der Waals surface area contributed by atoms with Crippen molar-refractivity contribution >= 4 is 25.8 Å². The van der Waals surface area contributed by atoms with E-state index in [-0.39, 0.29) is 0 Å². The Kier molecular flexibility index (Phi) is 1.23. The quantitative estimate of drug-likeness (QED) is 0.458. The molecule has 0 saturated heterocycles. The average molecular weight is 173 g/mol. The van der Waals surface area contributed by atoms with Gasteiger partial charge in [-0.2, -0.15) is 0 Å². The van der Waals surface area contributed by atoms with Crippen LogP contribution in [0.25, 0.3) is 0 Å². The fraction of sp³-hybridized carbons (Fsp3) is 1.00. The third-order valence-corrected chi connectivity index (χ3v) is 13.5. The van der Waals surface area contributed by atoms with Crippen molar-refractivity contribution in [3.8, 4) is 0 Å². The minimum atomic E-state index is 0.819. The van der Waals surface area contributed by atoms with E-state index in [4.69, 9.17) is 0 Å². The summed E-state index contributed by atoms with van der Waals surface area (Å²) in [7, 11) is 0. The van der Waals surface area contributed by atoms with Crippen molar-refractivity contribution in [3.05, 3.63) is 0 Å². The molecule has 1 aliphatic heterocycles. The summed E-state index contributed by atoms with van der Waals surface area (Å²) < 4.78 is 0. The Bertz CT molecular complexity index is 33.3. The van der Waals surface area contributed by atoms with Gasteiger partial charge in [-0.25, -0.2) is 0 Å². The van der Waals surface area contributed by atoms with Crippen LogP contribution in [0.15, 0.2) is 0 Å². The zero-order valence-electron chi connectivity index (χ0n) is 2.41. The van der Waals surface area contributed by atoms with Crippen molar-refractivity contribution in [2.24, 2.45) is 0 Å². The second-order valence-electron chi connectivity index (χ2n) is 0.854. The van der Waals surface area contributed by atoms with Crippen molar-refractivity contribution in [1.82, 2.24) is 0 Å². The average Bonchev–Trinajstić information content (AvgIpc) is 0.722. The second-order valence-corrected chi connectivity index (χ2v) is 12.1. The molecule has 0 N–H and O–H groups in total. The van der Waals surface area contributed by atoms with Gasteiger partial charge < -0.3 is 0 Å². The number of rotatable bonds is 0. The van der Waals surface area contributed by atoms with E-state index in [0.29, 0.717) is 0 Å². The molecule has 0 amide bonds. The van der Waals surface area contributed by atoms with Crippen LogP contribution in [0.1, 0.15) is 0 Å². The van der Waals surface area contributed by atoms with E-state index >= 15 is 0 Å². The van der Waals surface area contributed by atoms with E-state index < -0.39 is 0 Å². The van der Waals surface area contributed by atoms with Gasteiger partial charge in [-0.3, -0.25) is 0 Å². The third kappa shape index (κ3) is 0.519. The van der Waals surface area contributed by atoms with Gasteiger partial charge in [-0.05, 0) is 0 Å². The first kappa shape index (κ1) is 3.28. The Hall–Kier alpha value is 1.09. The van der Waals surface area contributed by atoms with E-state index in [1.807, 2.05) is 0 Å². The molecule has 0 nitrogen and oxygen atoms in total. The van der Waals surface area contributed by atoms with Crippen LogP contribution in [0.3, 0.4) is 0 Å². The monoisotopic (exact) mass is 176 g/mol. The molecule has 4 heavy (non-hydrogen) atoms. The van der Waals surface area contributed by atoms with Crippen molar-refractivity contribution in [1.29, 1.82) is 0 Å². The zero-order chi connectivity index (χ0) is 2.83. The summed E-state index contributed by atoms with van der Waals surface area (Å²) in [6.07, 6.45) is 0. The van der Waals surface area contributed by atoms with Gasteiger partial charge >= 0.3 is 36.3 Å². The molecule has 0 spiro atoms. The summed E-state index contributed by atoms with van der Waals surface area (Å²) in [5.74, 6) is 0. The third-order valence-electron chi connectivity index (χ3n) is 0.500. The minimum absolute atomic E-state index is 0.819. The van der Waals surface area contributed by atoms with Gasteiger partial charge in [0.2, 0.25) is 0 Å². The van der Waals surface area contributed by atoms with Crippen molar-refractivity contribution < 1.29 is 0 Å². The molecule has 0 aromatic carbocycles. The summed E-state index contributed by atoms with van der Waals surface area (Å²) in [5.41, 5.74) is 0. The topological polar surface area (TPSA) is 0 Å². The molecule has 1 heterocycles. The summed E-state index contributed by atoms with van der Waals surface area (Å²) in [6.45, 7) is 0. The maximum atomic E-state index is 1.68. The van der Waals surface area contributed by atoms with Gasteiger partial charge in [0.1, 0.15) is 0 Å². The van der Waals surface area contributed by atoms with Crippen LogP contribution in [0.5, 0.6) is 0 Å². The first-order valence-electron chi connectivity index (χ1n) is 1.46. The van der Waals surface area contributed by atoms with Gasteiger partial charge in [0.05, 0.1) is 0 Å². The Morgan fingerprint density at radius 2 is 1.25 bits per heavy atom. The molecule has 1 aliphatic rings. The van der Waals surface area contributed by atoms with E-state index in [1.165, 1.54) is 0 Å². The predicted molar refractivity (Wildman–Crippen MR) is 21.1 cm³/mol. The molecule has 0 aromatic heterocycles. The molecule has 0 aliphatic carbocycles. The summed E-state index contributed by atoms with van der Waals surface area (Å²) in [5, 5.41) is 3.36. The molecule has 0 atom stereocenters. The fourth-order valence-electron chi connectivity index (χ4n) is 0.125. The SMILES string of the molecule is [CH2]1[CH2][Ge]=[Ge]1. The summed E-state index contributed by atoms with van der Waals surface area (Å²) in [4.78, 5) is 0. The van der Waals surface area contributed by atoms with Crippen LogP contribution < -0.4 is 0 Å². The van der Waals surface area contributed by atoms with Crippen LogP contribution in [0.2, 0.25) is 10.5 Å². The van der Waals surface area contributed by atoms with E-state index in [9.17, 15) is 0 Å². The molecular weight excluding hydrogens is 169 g/mol. The molecule has 0 aromatic rings. The first-order chi connectivity index (χ1) is 2.00. The molecular formula is C2H4Ge2. The van der Waals surface area contributed by atoms with Crippen molar-refractivity contribution in [2.45, 2.75) is 10.5 Å². The van der Waals surface area contributed by atoms with Crippen molar-refractivity contribution in [3.63, 3.8) is 0 Å². The van der Waals surface area contributed by atoms with Gasteiger partial charge in [0, 0.05) is 0 Å². The number of hydrogen-bond donors (Lipinski definition) is 0. The van der Waals surface area contributed by atoms with E-state index in [2.05, 4.69) is 0 Å². The molecule has 1 rings (SSSR count). The van der Waals surface area contributed by atoms with Crippen molar-refractivity contribution in [2.75, 3.05) is 0 Å². The molecule has 0 fully saturated rings. The standard InChI is InChI=1S/C2H4Ge2/c1-2-4-3-1/h1-2H2. The second kappa shape index (κ2) is 1.50. The molecule has 20 valence electrons. The molecule has 2 heteroatoms. The van der Waals surface area contributed by atoms with Crippen LogP contribution in [0.4, 0.5) is 0 Å². The predicted octanol–water partition coefficient (Wildman–Crippen LogP) is 0.160. The molecule has 0 saturated carbocycles. The van der Waals surface area contributed by atoms with Gasteiger partial charge in [-0.1, -0.05) is 0 Å². The van der Waals surface area contributed by atoms with Gasteiger partial charge in [0.25, 0.3) is 0 Å². The summed E-state index contributed by atoms with van der Waals surface area (Å²) in [6, 6.07) is 0. The molecule has 0 unspecified atom stereocenters. The molecule has 2 radical (unpaired) electrons. The van der Waals surface area contributed by atoms with Gasteiger partial charge in [-0.15, -0.1) is 0 Å². The molecule has 0 bridgehead atoms. The maximum absolute atomic E-state index is 1.68. The van der Waals surface area contributed by atoms with E-state index in [1.54, 1.807) is 10.5 Å². The van der Waals surface area contributed by atoms with Crippen LogP contribution in [-0.4, -0.2) is 25.8 Å². The van der Waals surface area contributed by atoms with Crippen LogP contribution in [-0.2, 0) is 0 Å². The Morgan fingerprint density at radius 3 is 1.25 bits per heavy atom. The van der Waals surface area contributed by atoms with E-state index in [0.717, 1.165) is 25.8 Å². The van der Waals surface area contributed by atoms with Crippen LogP contribution >= 0.6 is 0 Å². The normalized spacial score (nSPS) is 20.0. The Labute approximate surface area is 36.6 Å². The fourth-order valence-corrected chi connectivity index (χ4v) is 3.37. The van der Waals surface area contributed by atoms with Gasteiger partial charge in [0.15, 0.2) is 0 Å². The first-order valence-corrected chi connectivity index (χ1v) is 10.9. The Morgan fingerprint density at radius 1 is 1.00 bits per heavy atom. The Balaban J connectivity index is 2.47. The zero-order valence-corrected chi connectivity index (χ0v) is 6.61. The summed E-state index contributed by atoms with van der Waals surface area (Å²) >= 11 is 1.64. The van der Waals surface area contributed by atoms with Crippen LogP contribution in [0, 0.1) is 0 Å².